The number of likely N-dealkylation sites (tertiary alicyclic amines) is 1. The molecule has 0 atom stereocenters. The fraction of sp³-hybridized carbons (Fsp3) is 0.562. The Bertz CT molecular complexity index is 474. The monoisotopic (exact) mass is 273 g/mol. The quantitative estimate of drug-likeness (QED) is 0.820. The average Bonchev–Trinajstić information content (AvgIpc) is 3.01. The van der Waals surface area contributed by atoms with E-state index in [4.69, 9.17) is 0 Å². The summed E-state index contributed by atoms with van der Waals surface area (Å²) in [5, 5.41) is 0. The highest BCUT2D eigenvalue weighted by Gasteiger charge is 2.21. The molecule has 2 heterocycles. The zero-order valence-corrected chi connectivity index (χ0v) is 12.2. The molecule has 4 heteroatoms. The van der Waals surface area contributed by atoms with Crippen LogP contribution < -0.4 is 4.90 Å². The van der Waals surface area contributed by atoms with Crippen LogP contribution in [-0.2, 0) is 0 Å². The SMILES string of the molecule is CN1CCN(c2cccc(C(=O)N3CCCC3)c2)CC1. The maximum Gasteiger partial charge on any atom is 0.253 e. The van der Waals surface area contributed by atoms with E-state index in [1.54, 1.807) is 0 Å². The van der Waals surface area contributed by atoms with E-state index in [-0.39, 0.29) is 5.91 Å². The van der Waals surface area contributed by atoms with Gasteiger partial charge in [0, 0.05) is 50.5 Å². The van der Waals surface area contributed by atoms with E-state index in [1.165, 1.54) is 5.69 Å². The lowest BCUT2D eigenvalue weighted by molar-refractivity contribution is 0.0793. The van der Waals surface area contributed by atoms with Gasteiger partial charge in [0.25, 0.3) is 5.91 Å². The maximum atomic E-state index is 12.4. The van der Waals surface area contributed by atoms with Gasteiger partial charge in [0.05, 0.1) is 0 Å². The third-order valence-corrected chi connectivity index (χ3v) is 4.35. The minimum absolute atomic E-state index is 0.193. The number of hydrogen-bond acceptors (Lipinski definition) is 3. The van der Waals surface area contributed by atoms with Crippen molar-refractivity contribution >= 4 is 11.6 Å². The Kier molecular flexibility index (Phi) is 3.92. The van der Waals surface area contributed by atoms with Crippen LogP contribution in [0.5, 0.6) is 0 Å². The van der Waals surface area contributed by atoms with Crippen molar-refractivity contribution in [2.75, 3.05) is 51.2 Å². The van der Waals surface area contributed by atoms with Gasteiger partial charge in [-0.25, -0.2) is 0 Å². The highest BCUT2D eigenvalue weighted by atomic mass is 16.2. The lowest BCUT2D eigenvalue weighted by atomic mass is 10.1. The Morgan fingerprint density at radius 1 is 1.00 bits per heavy atom. The first-order valence-electron chi connectivity index (χ1n) is 7.57. The molecule has 2 fully saturated rings. The molecule has 20 heavy (non-hydrogen) atoms. The molecule has 2 saturated heterocycles. The molecule has 3 rings (SSSR count). The first-order chi connectivity index (χ1) is 9.74. The summed E-state index contributed by atoms with van der Waals surface area (Å²) in [6, 6.07) is 8.13. The van der Waals surface area contributed by atoms with Gasteiger partial charge in [0.1, 0.15) is 0 Å². The molecule has 2 aliphatic rings. The Labute approximate surface area is 121 Å². The van der Waals surface area contributed by atoms with Crippen LogP contribution in [0.4, 0.5) is 5.69 Å². The number of hydrogen-bond donors (Lipinski definition) is 0. The maximum absolute atomic E-state index is 12.4. The fourth-order valence-electron chi connectivity index (χ4n) is 3.00. The van der Waals surface area contributed by atoms with Gasteiger partial charge >= 0.3 is 0 Å². The van der Waals surface area contributed by atoms with Gasteiger partial charge in [-0.05, 0) is 38.1 Å². The molecule has 1 aromatic carbocycles. The van der Waals surface area contributed by atoms with Crippen molar-refractivity contribution in [3.63, 3.8) is 0 Å². The van der Waals surface area contributed by atoms with Crippen LogP contribution in [-0.4, -0.2) is 62.0 Å². The van der Waals surface area contributed by atoms with Gasteiger partial charge in [0.15, 0.2) is 0 Å². The highest BCUT2D eigenvalue weighted by Crippen LogP contribution is 2.20. The summed E-state index contributed by atoms with van der Waals surface area (Å²) in [5.41, 5.74) is 2.02. The van der Waals surface area contributed by atoms with E-state index in [0.717, 1.165) is 57.7 Å². The molecule has 0 aromatic heterocycles. The molecule has 0 unspecified atom stereocenters. The minimum atomic E-state index is 0.193. The zero-order valence-electron chi connectivity index (χ0n) is 12.2. The van der Waals surface area contributed by atoms with Crippen molar-refractivity contribution in [2.24, 2.45) is 0 Å². The standard InChI is InChI=1S/C16H23N3O/c1-17-9-11-18(12-10-17)15-6-4-5-14(13-15)16(20)19-7-2-3-8-19/h4-6,13H,2-3,7-12H2,1H3. The second-order valence-electron chi connectivity index (χ2n) is 5.84. The van der Waals surface area contributed by atoms with Gasteiger partial charge < -0.3 is 14.7 Å². The first kappa shape index (κ1) is 13.4. The Morgan fingerprint density at radius 3 is 2.40 bits per heavy atom. The smallest absolute Gasteiger partial charge is 0.253 e. The lowest BCUT2D eigenvalue weighted by Gasteiger charge is -2.34. The molecule has 0 aliphatic carbocycles. The summed E-state index contributed by atoms with van der Waals surface area (Å²) in [6.07, 6.45) is 2.29. The molecule has 2 aliphatic heterocycles. The highest BCUT2D eigenvalue weighted by molar-refractivity contribution is 5.95. The third-order valence-electron chi connectivity index (χ3n) is 4.35. The minimum Gasteiger partial charge on any atom is -0.369 e. The second kappa shape index (κ2) is 5.83. The van der Waals surface area contributed by atoms with Crippen molar-refractivity contribution < 1.29 is 4.79 Å². The van der Waals surface area contributed by atoms with Gasteiger partial charge in [-0.1, -0.05) is 6.07 Å². The fourth-order valence-corrected chi connectivity index (χ4v) is 3.00. The molecular weight excluding hydrogens is 250 g/mol. The first-order valence-corrected chi connectivity index (χ1v) is 7.57. The molecule has 0 saturated carbocycles. The van der Waals surface area contributed by atoms with E-state index in [1.807, 2.05) is 17.0 Å². The normalized spacial score (nSPS) is 20.4. The predicted molar refractivity (Wildman–Crippen MR) is 81.3 cm³/mol. The number of carbonyl (C=O) groups excluding carboxylic acids is 1. The number of rotatable bonds is 2. The van der Waals surface area contributed by atoms with Crippen molar-refractivity contribution in [1.82, 2.24) is 9.80 Å². The topological polar surface area (TPSA) is 26.8 Å². The van der Waals surface area contributed by atoms with Crippen molar-refractivity contribution in [2.45, 2.75) is 12.8 Å². The van der Waals surface area contributed by atoms with Crippen LogP contribution in [0, 0.1) is 0 Å². The number of benzene rings is 1. The summed E-state index contributed by atoms with van der Waals surface area (Å²) in [6.45, 7) is 6.08. The molecule has 0 radical (unpaired) electrons. The second-order valence-corrected chi connectivity index (χ2v) is 5.84. The number of anilines is 1. The number of piperazine rings is 1. The molecule has 1 amide bonds. The molecule has 108 valence electrons. The summed E-state index contributed by atoms with van der Waals surface area (Å²) >= 11 is 0. The largest absolute Gasteiger partial charge is 0.369 e. The van der Waals surface area contributed by atoms with Crippen LogP contribution in [0.2, 0.25) is 0 Å². The Hall–Kier alpha value is -1.55. The van der Waals surface area contributed by atoms with Crippen molar-refractivity contribution in [3.05, 3.63) is 29.8 Å². The predicted octanol–water partition coefficient (Wildman–Crippen LogP) is 1.67. The summed E-state index contributed by atoms with van der Waals surface area (Å²) in [4.78, 5) is 19.1. The van der Waals surface area contributed by atoms with Gasteiger partial charge in [0.2, 0.25) is 0 Å². The van der Waals surface area contributed by atoms with E-state index in [2.05, 4.69) is 29.0 Å². The summed E-state index contributed by atoms with van der Waals surface area (Å²) < 4.78 is 0. The number of amides is 1. The lowest BCUT2D eigenvalue weighted by Crippen LogP contribution is -2.44. The Balaban J connectivity index is 1.73. The molecular formula is C16H23N3O. The number of carbonyl (C=O) groups is 1. The van der Waals surface area contributed by atoms with E-state index in [0.29, 0.717) is 0 Å². The average molecular weight is 273 g/mol. The van der Waals surface area contributed by atoms with Crippen molar-refractivity contribution in [1.29, 1.82) is 0 Å². The van der Waals surface area contributed by atoms with Crippen LogP contribution in [0.1, 0.15) is 23.2 Å². The van der Waals surface area contributed by atoms with Crippen LogP contribution >= 0.6 is 0 Å². The molecule has 0 spiro atoms. The van der Waals surface area contributed by atoms with Crippen molar-refractivity contribution in [3.8, 4) is 0 Å². The van der Waals surface area contributed by atoms with E-state index in [9.17, 15) is 4.79 Å². The van der Waals surface area contributed by atoms with E-state index >= 15 is 0 Å². The molecule has 4 nitrogen and oxygen atoms in total. The van der Waals surface area contributed by atoms with Gasteiger partial charge in [-0.3, -0.25) is 4.79 Å². The van der Waals surface area contributed by atoms with Crippen LogP contribution in [0.25, 0.3) is 0 Å². The Morgan fingerprint density at radius 2 is 1.70 bits per heavy atom. The van der Waals surface area contributed by atoms with E-state index < -0.39 is 0 Å². The summed E-state index contributed by atoms with van der Waals surface area (Å²) in [5.74, 6) is 0.193. The number of likely N-dealkylation sites (N-methyl/N-ethyl adjacent to an activating group) is 1. The molecule has 0 bridgehead atoms. The molecule has 0 N–H and O–H groups in total. The third kappa shape index (κ3) is 2.80. The summed E-state index contributed by atoms with van der Waals surface area (Å²) in [7, 11) is 2.16. The van der Waals surface area contributed by atoms with Gasteiger partial charge in [-0.2, -0.15) is 0 Å². The molecule has 1 aromatic rings. The zero-order chi connectivity index (χ0) is 13.9. The number of nitrogens with zero attached hydrogens (tertiary/aromatic N) is 3. The van der Waals surface area contributed by atoms with Crippen LogP contribution in [0.15, 0.2) is 24.3 Å². The van der Waals surface area contributed by atoms with Crippen LogP contribution in [0.3, 0.4) is 0 Å². The van der Waals surface area contributed by atoms with Gasteiger partial charge in [-0.15, -0.1) is 0 Å².